The molecule has 0 bridgehead atoms. The molecule has 2 fully saturated rings. The summed E-state index contributed by atoms with van der Waals surface area (Å²) in [5.74, 6) is -0.302. The number of hydrogen-bond donors (Lipinski definition) is 2. The molecule has 8 nitrogen and oxygen atoms in total. The number of hydrogen-bond acceptors (Lipinski definition) is 6. The summed E-state index contributed by atoms with van der Waals surface area (Å²) in [4.78, 5) is 44.3. The van der Waals surface area contributed by atoms with E-state index in [1.165, 1.54) is 22.7 Å². The first-order valence-corrected chi connectivity index (χ1v) is 10.5. The number of imidazole rings is 1. The summed E-state index contributed by atoms with van der Waals surface area (Å²) in [6.07, 6.45) is 4.87. The second-order valence-electron chi connectivity index (χ2n) is 7.24. The van der Waals surface area contributed by atoms with Crippen LogP contribution in [0.3, 0.4) is 0 Å². The number of amides is 4. The highest BCUT2D eigenvalue weighted by atomic mass is 32.1. The number of urea groups is 1. The molecule has 1 spiro atoms. The van der Waals surface area contributed by atoms with Gasteiger partial charge in [-0.3, -0.25) is 19.4 Å². The van der Waals surface area contributed by atoms with Gasteiger partial charge in [0.2, 0.25) is 0 Å². The topological polar surface area (TPSA) is 95.8 Å². The van der Waals surface area contributed by atoms with Crippen molar-refractivity contribution in [3.05, 3.63) is 22.5 Å². The molecule has 0 aromatic carbocycles. The Morgan fingerprint density at radius 3 is 2.93 bits per heavy atom. The number of nitrogens with zero attached hydrogens (tertiary/aromatic N) is 3. The largest absolute Gasteiger partial charge is 0.344 e. The average Bonchev–Trinajstić information content (AvgIpc) is 3.36. The van der Waals surface area contributed by atoms with Gasteiger partial charge in [0.05, 0.1) is 10.4 Å². The SMILES string of the molecule is CC1CCC2(CC1)NC(=O)N(NC(=O)c1cc3c(nc4sccn43)s1)C2=O. The third-order valence-corrected chi connectivity index (χ3v) is 7.24. The molecular formula is C17H17N5O3S2. The summed E-state index contributed by atoms with van der Waals surface area (Å²) in [6, 6.07) is 1.17. The number of nitrogens with one attached hydrogen (secondary N) is 2. The fourth-order valence-electron chi connectivity index (χ4n) is 3.83. The second-order valence-corrected chi connectivity index (χ2v) is 9.15. The van der Waals surface area contributed by atoms with Crippen molar-refractivity contribution in [3.8, 4) is 0 Å². The quantitative estimate of drug-likeness (QED) is 0.643. The molecule has 3 aromatic heterocycles. The smallest absolute Gasteiger partial charge is 0.322 e. The highest BCUT2D eigenvalue weighted by molar-refractivity contribution is 7.21. The zero-order valence-electron chi connectivity index (χ0n) is 14.5. The van der Waals surface area contributed by atoms with Crippen molar-refractivity contribution in [3.63, 3.8) is 0 Å². The lowest BCUT2D eigenvalue weighted by atomic mass is 9.77. The van der Waals surface area contributed by atoms with E-state index in [0.717, 1.165) is 33.2 Å². The fraction of sp³-hybridized carbons (Fsp3) is 0.412. The van der Waals surface area contributed by atoms with E-state index in [1.54, 1.807) is 6.07 Å². The fourth-order valence-corrected chi connectivity index (χ4v) is 5.52. The second kappa shape index (κ2) is 5.77. The van der Waals surface area contributed by atoms with Gasteiger partial charge in [-0.25, -0.2) is 9.78 Å². The molecule has 3 aromatic rings. The average molecular weight is 403 g/mol. The highest BCUT2D eigenvalue weighted by Gasteiger charge is 2.53. The number of thiophene rings is 1. The molecular weight excluding hydrogens is 386 g/mol. The molecule has 1 aliphatic heterocycles. The molecule has 0 radical (unpaired) electrons. The third kappa shape index (κ3) is 2.47. The molecule has 5 rings (SSSR count). The number of carbonyl (C=O) groups excluding carboxylic acids is 3. The number of rotatable bonds is 2. The van der Waals surface area contributed by atoms with Gasteiger partial charge in [0.15, 0.2) is 4.96 Å². The number of imide groups is 1. The van der Waals surface area contributed by atoms with E-state index in [1.807, 2.05) is 16.0 Å². The van der Waals surface area contributed by atoms with Crippen molar-refractivity contribution in [1.82, 2.24) is 25.1 Å². The van der Waals surface area contributed by atoms with E-state index in [2.05, 4.69) is 22.7 Å². The number of fused-ring (bicyclic) bond motifs is 3. The van der Waals surface area contributed by atoms with Crippen molar-refractivity contribution >= 4 is 55.8 Å². The van der Waals surface area contributed by atoms with E-state index in [4.69, 9.17) is 0 Å². The summed E-state index contributed by atoms with van der Waals surface area (Å²) in [6.45, 7) is 2.14. The van der Waals surface area contributed by atoms with Crippen LogP contribution >= 0.6 is 22.7 Å². The van der Waals surface area contributed by atoms with Crippen LogP contribution in [0.25, 0.3) is 15.3 Å². The van der Waals surface area contributed by atoms with Gasteiger partial charge in [-0.05, 0) is 37.7 Å². The molecule has 4 heterocycles. The third-order valence-electron chi connectivity index (χ3n) is 5.47. The Bertz CT molecular complexity index is 1090. The van der Waals surface area contributed by atoms with Gasteiger partial charge in [0.1, 0.15) is 10.4 Å². The number of hydrazine groups is 1. The minimum absolute atomic E-state index is 0.365. The van der Waals surface area contributed by atoms with Gasteiger partial charge in [0, 0.05) is 11.6 Å². The predicted octanol–water partition coefficient (Wildman–Crippen LogP) is 2.76. The van der Waals surface area contributed by atoms with Crippen LogP contribution in [0.4, 0.5) is 4.79 Å². The van der Waals surface area contributed by atoms with E-state index in [0.29, 0.717) is 23.6 Å². The minimum atomic E-state index is -0.870. The lowest BCUT2D eigenvalue weighted by molar-refractivity contribution is -0.134. The Morgan fingerprint density at radius 2 is 2.15 bits per heavy atom. The van der Waals surface area contributed by atoms with Crippen molar-refractivity contribution in [2.45, 2.75) is 38.1 Å². The minimum Gasteiger partial charge on any atom is -0.322 e. The molecule has 0 atom stereocenters. The molecule has 2 aliphatic rings. The molecule has 4 amide bonds. The van der Waals surface area contributed by atoms with E-state index < -0.39 is 17.5 Å². The van der Waals surface area contributed by atoms with Crippen LogP contribution in [-0.4, -0.2) is 37.8 Å². The Hall–Kier alpha value is -2.46. The molecule has 1 aliphatic carbocycles. The Morgan fingerprint density at radius 1 is 1.37 bits per heavy atom. The number of aromatic nitrogens is 2. The maximum absolute atomic E-state index is 12.8. The molecule has 27 heavy (non-hydrogen) atoms. The van der Waals surface area contributed by atoms with Crippen LogP contribution in [0.2, 0.25) is 0 Å². The lowest BCUT2D eigenvalue weighted by Gasteiger charge is -2.33. The molecule has 1 saturated heterocycles. The molecule has 2 N–H and O–H groups in total. The number of carbonyl (C=O) groups is 3. The van der Waals surface area contributed by atoms with Crippen LogP contribution in [-0.2, 0) is 4.79 Å². The van der Waals surface area contributed by atoms with E-state index in [-0.39, 0.29) is 5.91 Å². The maximum atomic E-state index is 12.8. The molecule has 140 valence electrons. The van der Waals surface area contributed by atoms with Crippen LogP contribution in [0.1, 0.15) is 42.3 Å². The van der Waals surface area contributed by atoms with Gasteiger partial charge < -0.3 is 5.32 Å². The first-order valence-electron chi connectivity index (χ1n) is 8.80. The van der Waals surface area contributed by atoms with Crippen molar-refractivity contribution in [1.29, 1.82) is 0 Å². The zero-order valence-corrected chi connectivity index (χ0v) is 16.2. The Balaban J connectivity index is 1.38. The molecule has 0 unspecified atom stereocenters. The van der Waals surface area contributed by atoms with Gasteiger partial charge in [-0.1, -0.05) is 6.92 Å². The Labute approximate surface area is 162 Å². The molecule has 1 saturated carbocycles. The van der Waals surface area contributed by atoms with E-state index >= 15 is 0 Å². The molecule has 10 heteroatoms. The summed E-state index contributed by atoms with van der Waals surface area (Å²) >= 11 is 2.77. The first-order chi connectivity index (χ1) is 13.0. The highest BCUT2D eigenvalue weighted by Crippen LogP contribution is 2.36. The van der Waals surface area contributed by atoms with E-state index in [9.17, 15) is 14.4 Å². The maximum Gasteiger partial charge on any atom is 0.344 e. The van der Waals surface area contributed by atoms with Crippen molar-refractivity contribution < 1.29 is 14.4 Å². The standard InChI is InChI=1S/C17H17N5O3S2/c1-9-2-4-17(5-3-9)14(24)22(15(25)19-17)20-12(23)11-8-10-13(27-11)18-16-21(10)6-7-26-16/h6-9H,2-5H2,1H3,(H,19,25)(H,20,23). The van der Waals surface area contributed by atoms with Crippen LogP contribution in [0.5, 0.6) is 0 Å². The van der Waals surface area contributed by atoms with Gasteiger partial charge >= 0.3 is 6.03 Å². The van der Waals surface area contributed by atoms with Crippen molar-refractivity contribution in [2.24, 2.45) is 5.92 Å². The Kier molecular flexibility index (Phi) is 3.57. The zero-order chi connectivity index (χ0) is 18.8. The summed E-state index contributed by atoms with van der Waals surface area (Å²) in [5.41, 5.74) is 2.45. The number of thiazole rings is 1. The van der Waals surface area contributed by atoms with Crippen LogP contribution in [0.15, 0.2) is 17.6 Å². The summed E-state index contributed by atoms with van der Waals surface area (Å²) < 4.78 is 1.92. The first kappa shape index (κ1) is 16.7. The normalized spacial score (nSPS) is 25.7. The summed E-state index contributed by atoms with van der Waals surface area (Å²) in [5, 5.41) is 5.56. The monoisotopic (exact) mass is 403 g/mol. The van der Waals surface area contributed by atoms with Gasteiger partial charge in [-0.15, -0.1) is 22.7 Å². The van der Waals surface area contributed by atoms with Crippen LogP contribution in [0, 0.1) is 5.92 Å². The summed E-state index contributed by atoms with van der Waals surface area (Å²) in [7, 11) is 0. The van der Waals surface area contributed by atoms with Crippen LogP contribution < -0.4 is 10.7 Å². The van der Waals surface area contributed by atoms with Gasteiger partial charge in [-0.2, -0.15) is 5.01 Å². The predicted molar refractivity (Wildman–Crippen MR) is 102 cm³/mol. The van der Waals surface area contributed by atoms with Gasteiger partial charge in [0.25, 0.3) is 11.8 Å². The van der Waals surface area contributed by atoms with Crippen molar-refractivity contribution in [2.75, 3.05) is 0 Å². The lowest BCUT2D eigenvalue weighted by Crippen LogP contribution is -2.51.